The van der Waals surface area contributed by atoms with Crippen molar-refractivity contribution in [3.8, 4) is 0 Å². The summed E-state index contributed by atoms with van der Waals surface area (Å²) in [6.07, 6.45) is 2.60. The van der Waals surface area contributed by atoms with E-state index in [0.717, 1.165) is 4.57 Å². The first-order chi connectivity index (χ1) is 5.13. The first-order valence-corrected chi connectivity index (χ1v) is 2.86. The number of hydrogen-bond acceptors (Lipinski definition) is 4. The molecule has 5 nitrogen and oxygen atoms in total. The molecule has 0 aliphatic heterocycles. The summed E-state index contributed by atoms with van der Waals surface area (Å²) in [6, 6.07) is 0. The molecule has 0 bridgehead atoms. The van der Waals surface area contributed by atoms with E-state index >= 15 is 0 Å². The van der Waals surface area contributed by atoms with E-state index in [2.05, 4.69) is 4.98 Å². The van der Waals surface area contributed by atoms with Crippen LogP contribution in [-0.2, 0) is 7.05 Å². The molecule has 1 rings (SSSR count). The van der Waals surface area contributed by atoms with Gasteiger partial charge in [-0.25, -0.2) is 4.98 Å². The van der Waals surface area contributed by atoms with E-state index < -0.39 is 17.2 Å². The Morgan fingerprint density at radius 1 is 1.67 bits per heavy atom. The average molecular weight is 160 g/mol. The molecule has 0 saturated heterocycles. The number of hydrogen-bond donors (Lipinski definition) is 0. The van der Waals surface area contributed by atoms with E-state index in [1.54, 1.807) is 0 Å². The van der Waals surface area contributed by atoms with Crippen LogP contribution in [0.15, 0.2) is 17.2 Å². The minimum atomic E-state index is -1.55. The van der Waals surface area contributed by atoms with E-state index in [1.807, 2.05) is 0 Å². The molecule has 1 aromatic rings. The number of carbonyl (C=O) groups excluding carboxylic acids is 1. The van der Waals surface area contributed by atoms with Gasteiger partial charge in [0.05, 0.1) is 5.97 Å². The van der Waals surface area contributed by atoms with Crippen molar-refractivity contribution in [3.63, 3.8) is 0 Å². The van der Waals surface area contributed by atoms with E-state index in [1.165, 1.54) is 19.4 Å². The van der Waals surface area contributed by atoms with Crippen LogP contribution in [0.25, 0.3) is 0 Å². The van der Waals surface area contributed by atoms with Gasteiger partial charge in [0.2, 0.25) is 0 Å². The van der Waals surface area contributed by atoms with Crippen LogP contribution in [0.4, 0.5) is 0 Å². The van der Waals surface area contributed by atoms with Crippen molar-refractivity contribution in [3.05, 3.63) is 28.4 Å². The second-order valence-electron chi connectivity index (χ2n) is 1.98. The molecule has 0 spiro atoms. The van der Waals surface area contributed by atoms with Gasteiger partial charge in [-0.15, -0.1) is 0 Å². The zero-order chi connectivity index (χ0) is 8.43. The summed E-state index contributed by atoms with van der Waals surface area (Å²) in [5, 5.41) is 10.2. The van der Waals surface area contributed by atoms with Crippen LogP contribution >= 0.6 is 0 Å². The van der Waals surface area contributed by atoms with Crippen LogP contribution in [0.1, 0.15) is 10.5 Å². The number of aromatic nitrogens is 2. The Bertz CT molecular complexity index is 347. The Balaban J connectivity index is 0.00000121. The van der Waals surface area contributed by atoms with Gasteiger partial charge >= 0.3 is 18.9 Å². The topological polar surface area (TPSA) is 75.0 Å². The minimum Gasteiger partial charge on any atom is -0.543 e. The molecule has 0 fully saturated rings. The zero-order valence-electron chi connectivity index (χ0n) is 6.77. The SMILES string of the molecule is Cn1ccnc(C(=O)[O-])c1=O.[Li+]. The molecule has 0 atom stereocenters. The standard InChI is InChI=1S/C6H6N2O3.Li/c1-8-3-2-7-4(5(8)9)6(10)11;/h2-3H,1H3,(H,10,11);/q;+1/p-1. The maximum absolute atomic E-state index is 10.9. The number of carboxylic acids is 1. The molecule has 0 aliphatic carbocycles. The summed E-state index contributed by atoms with van der Waals surface area (Å²) in [7, 11) is 1.44. The van der Waals surface area contributed by atoms with Gasteiger partial charge in [-0.2, -0.15) is 0 Å². The van der Waals surface area contributed by atoms with Gasteiger partial charge in [0.1, 0.15) is 0 Å². The fourth-order valence-electron chi connectivity index (χ4n) is 0.638. The third-order valence-corrected chi connectivity index (χ3v) is 1.21. The molecule has 0 aliphatic rings. The molecular weight excluding hydrogens is 155 g/mol. The normalized spacial score (nSPS) is 8.75. The Hall–Kier alpha value is -1.05. The summed E-state index contributed by atoms with van der Waals surface area (Å²) in [6.45, 7) is 0. The number of rotatable bonds is 1. The molecule has 1 heterocycles. The molecule has 6 heteroatoms. The second-order valence-corrected chi connectivity index (χ2v) is 1.98. The fourth-order valence-corrected chi connectivity index (χ4v) is 0.638. The molecule has 58 valence electrons. The van der Waals surface area contributed by atoms with Gasteiger partial charge in [-0.05, 0) is 0 Å². The second kappa shape index (κ2) is 4.09. The van der Waals surface area contributed by atoms with Crippen molar-refractivity contribution in [1.82, 2.24) is 9.55 Å². The summed E-state index contributed by atoms with van der Waals surface area (Å²) in [4.78, 5) is 24.4. The molecular formula is C6H5LiN2O3. The zero-order valence-corrected chi connectivity index (χ0v) is 6.77. The van der Waals surface area contributed by atoms with Crippen molar-refractivity contribution in [1.29, 1.82) is 0 Å². The number of carboxylic acid groups (broad SMARTS) is 1. The molecule has 0 radical (unpaired) electrons. The Morgan fingerprint density at radius 3 is 2.67 bits per heavy atom. The van der Waals surface area contributed by atoms with Gasteiger partial charge in [-0.1, -0.05) is 0 Å². The number of carbonyl (C=O) groups is 1. The van der Waals surface area contributed by atoms with Crippen molar-refractivity contribution < 1.29 is 28.8 Å². The largest absolute Gasteiger partial charge is 1.00 e. The van der Waals surface area contributed by atoms with Crippen LogP contribution in [0, 0.1) is 0 Å². The fraction of sp³-hybridized carbons (Fsp3) is 0.167. The van der Waals surface area contributed by atoms with Crippen LogP contribution < -0.4 is 29.5 Å². The van der Waals surface area contributed by atoms with Crippen molar-refractivity contribution >= 4 is 5.97 Å². The quantitative estimate of drug-likeness (QED) is 0.386. The summed E-state index contributed by atoms with van der Waals surface area (Å²) in [5.74, 6) is -1.55. The van der Waals surface area contributed by atoms with Crippen molar-refractivity contribution in [2.75, 3.05) is 0 Å². The molecule has 0 amide bonds. The van der Waals surface area contributed by atoms with Gasteiger partial charge in [0, 0.05) is 19.4 Å². The molecule has 12 heavy (non-hydrogen) atoms. The van der Waals surface area contributed by atoms with E-state index in [9.17, 15) is 14.7 Å². The molecule has 0 N–H and O–H groups in total. The molecule has 1 aromatic heterocycles. The maximum atomic E-state index is 10.9. The Labute approximate surface area is 80.2 Å². The maximum Gasteiger partial charge on any atom is 1.00 e. The van der Waals surface area contributed by atoms with Crippen molar-refractivity contribution in [2.24, 2.45) is 7.05 Å². The smallest absolute Gasteiger partial charge is 0.543 e. The van der Waals surface area contributed by atoms with Crippen LogP contribution in [0.3, 0.4) is 0 Å². The van der Waals surface area contributed by atoms with Gasteiger partial charge in [0.15, 0.2) is 5.69 Å². The van der Waals surface area contributed by atoms with Crippen molar-refractivity contribution in [2.45, 2.75) is 0 Å². The number of aromatic carboxylic acids is 1. The Kier molecular flexibility index (Phi) is 3.73. The monoisotopic (exact) mass is 160 g/mol. The van der Waals surface area contributed by atoms with Gasteiger partial charge < -0.3 is 14.5 Å². The summed E-state index contributed by atoms with van der Waals surface area (Å²) < 4.78 is 1.12. The summed E-state index contributed by atoms with van der Waals surface area (Å²) in [5.41, 5.74) is -1.22. The molecule has 0 saturated carbocycles. The number of aryl methyl sites for hydroxylation is 1. The Morgan fingerprint density at radius 2 is 2.25 bits per heavy atom. The third kappa shape index (κ3) is 1.97. The third-order valence-electron chi connectivity index (χ3n) is 1.21. The van der Waals surface area contributed by atoms with Crippen LogP contribution in [0.2, 0.25) is 0 Å². The predicted molar refractivity (Wildman–Crippen MR) is 33.8 cm³/mol. The number of nitrogens with zero attached hydrogens (tertiary/aromatic N) is 2. The van der Waals surface area contributed by atoms with Gasteiger partial charge in [-0.3, -0.25) is 4.79 Å². The van der Waals surface area contributed by atoms with Crippen LogP contribution in [-0.4, -0.2) is 15.5 Å². The minimum absolute atomic E-state index is 0. The molecule has 0 aromatic carbocycles. The van der Waals surface area contributed by atoms with E-state index in [4.69, 9.17) is 0 Å². The average Bonchev–Trinajstić information content (AvgIpc) is 1.94. The first kappa shape index (κ1) is 10.9. The molecule has 0 unspecified atom stereocenters. The first-order valence-electron chi connectivity index (χ1n) is 2.86. The van der Waals surface area contributed by atoms with Crippen LogP contribution in [0.5, 0.6) is 0 Å². The predicted octanol–water partition coefficient (Wildman–Crippen LogP) is -4.85. The van der Waals surface area contributed by atoms with E-state index in [-0.39, 0.29) is 18.9 Å². The summed E-state index contributed by atoms with van der Waals surface area (Å²) >= 11 is 0. The van der Waals surface area contributed by atoms with Gasteiger partial charge in [0.25, 0.3) is 5.56 Å². The van der Waals surface area contributed by atoms with E-state index in [0.29, 0.717) is 0 Å².